The third-order valence-corrected chi connectivity index (χ3v) is 5.71. The molecule has 0 aliphatic carbocycles. The Morgan fingerprint density at radius 1 is 1.04 bits per heavy atom. The molecule has 6 heteroatoms. The van der Waals surface area contributed by atoms with E-state index < -0.39 is 0 Å². The minimum atomic E-state index is -0.0929. The second kappa shape index (κ2) is 11.2. The Balaban J connectivity index is 1.75. The van der Waals surface area contributed by atoms with E-state index in [1.807, 2.05) is 19.1 Å². The fourth-order valence-corrected chi connectivity index (χ4v) is 3.62. The van der Waals surface area contributed by atoms with Gasteiger partial charge in [0.05, 0.1) is 0 Å². The van der Waals surface area contributed by atoms with Crippen molar-refractivity contribution in [2.45, 2.75) is 52.5 Å². The van der Waals surface area contributed by atoms with Crippen LogP contribution < -0.4 is 20.4 Å². The van der Waals surface area contributed by atoms with Gasteiger partial charge in [-0.25, -0.2) is 0 Å². The van der Waals surface area contributed by atoms with Gasteiger partial charge in [0.15, 0.2) is 12.6 Å². The van der Waals surface area contributed by atoms with E-state index in [0.29, 0.717) is 12.5 Å². The maximum Gasteiger partial charge on any atom is 0.282 e. The minimum absolute atomic E-state index is 0.0630. The number of hydrogen-bond donors (Lipinski definition) is 4. The Morgan fingerprint density at radius 3 is 2.25 bits per heavy atom. The van der Waals surface area contributed by atoms with Gasteiger partial charge in [0.2, 0.25) is 0 Å². The number of benzene rings is 1. The quantitative estimate of drug-likeness (QED) is 0.443. The molecule has 1 fully saturated rings. The maximum atomic E-state index is 12.6. The highest BCUT2D eigenvalue weighted by molar-refractivity contribution is 5.93. The predicted molar refractivity (Wildman–Crippen MR) is 113 cm³/mol. The summed E-state index contributed by atoms with van der Waals surface area (Å²) in [6, 6.07) is 8.02. The minimum Gasteiger partial charge on any atom is -0.351 e. The van der Waals surface area contributed by atoms with Crippen LogP contribution >= 0.6 is 0 Å². The molecule has 2 rings (SSSR count). The zero-order valence-electron chi connectivity index (χ0n) is 17.9. The van der Waals surface area contributed by atoms with Crippen molar-refractivity contribution in [1.29, 1.82) is 0 Å². The van der Waals surface area contributed by atoms with Crippen molar-refractivity contribution < 1.29 is 19.4 Å². The van der Waals surface area contributed by atoms with Crippen LogP contribution in [0.2, 0.25) is 0 Å². The van der Waals surface area contributed by atoms with Gasteiger partial charge in [-0.15, -0.1) is 0 Å². The highest BCUT2D eigenvalue weighted by atomic mass is 16.2. The Morgan fingerprint density at radius 2 is 1.68 bits per heavy atom. The van der Waals surface area contributed by atoms with Crippen molar-refractivity contribution in [3.05, 3.63) is 29.8 Å². The fraction of sp³-hybridized carbons (Fsp3) is 0.636. The lowest BCUT2D eigenvalue weighted by molar-refractivity contribution is -1.01. The number of piperazine rings is 1. The number of anilines is 1. The van der Waals surface area contributed by atoms with E-state index in [9.17, 15) is 9.59 Å². The van der Waals surface area contributed by atoms with Gasteiger partial charge in [0, 0.05) is 12.2 Å². The number of amides is 2. The summed E-state index contributed by atoms with van der Waals surface area (Å²) in [5.74, 6) is 0.691. The smallest absolute Gasteiger partial charge is 0.282 e. The van der Waals surface area contributed by atoms with Gasteiger partial charge < -0.3 is 20.4 Å². The molecule has 1 aliphatic heterocycles. The van der Waals surface area contributed by atoms with Gasteiger partial charge in [-0.3, -0.25) is 9.59 Å². The Bertz CT molecular complexity index is 622. The molecule has 1 saturated heterocycles. The van der Waals surface area contributed by atoms with Crippen LogP contribution in [0, 0.1) is 0 Å². The van der Waals surface area contributed by atoms with Crippen LogP contribution in [0.25, 0.3) is 0 Å². The highest BCUT2D eigenvalue weighted by Crippen LogP contribution is 2.17. The first-order valence-electron chi connectivity index (χ1n) is 10.8. The number of carbonyl (C=O) groups is 2. The SMILES string of the molecule is CCCCNC(=O)C[NH+]1CC[NH+]([C@H](C)C(=O)Nc2ccc(C(C)C)cc2)CC1. The maximum absolute atomic E-state index is 12.6. The molecule has 4 N–H and O–H groups in total. The molecule has 1 aromatic rings. The van der Waals surface area contributed by atoms with Gasteiger partial charge in [-0.2, -0.15) is 0 Å². The molecule has 0 radical (unpaired) electrons. The lowest BCUT2D eigenvalue weighted by Crippen LogP contribution is -3.30. The topological polar surface area (TPSA) is 67.1 Å². The van der Waals surface area contributed by atoms with Crippen LogP contribution in [-0.2, 0) is 9.59 Å². The molecule has 1 heterocycles. The normalized spacial score (nSPS) is 20.6. The lowest BCUT2D eigenvalue weighted by atomic mass is 10.0. The first-order chi connectivity index (χ1) is 13.4. The molecule has 1 aromatic carbocycles. The molecule has 28 heavy (non-hydrogen) atoms. The standard InChI is InChI=1S/C22H36N4O2/c1-5-6-11-23-21(27)16-25-12-14-26(15-13-25)18(4)22(28)24-20-9-7-19(8-10-20)17(2)3/h7-10,17-18H,5-6,11-16H2,1-4H3,(H,23,27)(H,24,28)/p+2/t18-/m1/s1. The third-order valence-electron chi connectivity index (χ3n) is 5.71. The second-order valence-electron chi connectivity index (χ2n) is 8.28. The Hall–Kier alpha value is -1.92. The highest BCUT2D eigenvalue weighted by Gasteiger charge is 2.31. The van der Waals surface area contributed by atoms with E-state index >= 15 is 0 Å². The van der Waals surface area contributed by atoms with E-state index in [2.05, 4.69) is 43.5 Å². The van der Waals surface area contributed by atoms with Crippen LogP contribution in [0.1, 0.15) is 52.0 Å². The van der Waals surface area contributed by atoms with Gasteiger partial charge >= 0.3 is 0 Å². The van der Waals surface area contributed by atoms with Crippen molar-refractivity contribution in [2.24, 2.45) is 0 Å². The summed E-state index contributed by atoms with van der Waals surface area (Å²) in [6.45, 7) is 13.4. The van der Waals surface area contributed by atoms with Crippen molar-refractivity contribution >= 4 is 17.5 Å². The summed E-state index contributed by atoms with van der Waals surface area (Å²) in [4.78, 5) is 27.2. The van der Waals surface area contributed by atoms with Gasteiger partial charge in [-0.05, 0) is 37.0 Å². The number of rotatable bonds is 9. The number of unbranched alkanes of at least 4 members (excludes halogenated alkanes) is 1. The second-order valence-corrected chi connectivity index (χ2v) is 8.28. The number of quaternary nitrogens is 2. The zero-order chi connectivity index (χ0) is 20.5. The average molecular weight is 391 g/mol. The molecule has 0 unspecified atom stereocenters. The van der Waals surface area contributed by atoms with Gasteiger partial charge in [-0.1, -0.05) is 39.3 Å². The Labute approximate surface area is 169 Å². The van der Waals surface area contributed by atoms with E-state index in [0.717, 1.165) is 51.3 Å². The lowest BCUT2D eigenvalue weighted by Gasteiger charge is -2.32. The summed E-state index contributed by atoms with van der Waals surface area (Å²) in [6.07, 6.45) is 2.13. The van der Waals surface area contributed by atoms with E-state index in [1.165, 1.54) is 15.4 Å². The van der Waals surface area contributed by atoms with Crippen LogP contribution in [0.4, 0.5) is 5.69 Å². The summed E-state index contributed by atoms with van der Waals surface area (Å²) in [7, 11) is 0. The molecule has 2 amide bonds. The fourth-order valence-electron chi connectivity index (χ4n) is 3.62. The third kappa shape index (κ3) is 6.91. The van der Waals surface area contributed by atoms with Crippen LogP contribution in [0.5, 0.6) is 0 Å². The molecule has 156 valence electrons. The van der Waals surface area contributed by atoms with E-state index in [4.69, 9.17) is 0 Å². The molecule has 0 saturated carbocycles. The first kappa shape index (κ1) is 22.4. The van der Waals surface area contributed by atoms with Crippen LogP contribution in [-0.4, -0.2) is 57.1 Å². The largest absolute Gasteiger partial charge is 0.351 e. The summed E-state index contributed by atoms with van der Waals surface area (Å²) in [5, 5.41) is 6.04. The van der Waals surface area contributed by atoms with Crippen LogP contribution in [0.3, 0.4) is 0 Å². The predicted octanol–water partition coefficient (Wildman–Crippen LogP) is -0.163. The van der Waals surface area contributed by atoms with Gasteiger partial charge in [0.25, 0.3) is 11.8 Å². The molecule has 0 spiro atoms. The Kier molecular flexibility index (Phi) is 8.93. The number of carbonyl (C=O) groups excluding carboxylic acids is 2. The average Bonchev–Trinajstić information content (AvgIpc) is 2.68. The van der Waals surface area contributed by atoms with Crippen molar-refractivity contribution in [3.8, 4) is 0 Å². The molecular formula is C22H38N4O2+2. The van der Waals surface area contributed by atoms with Crippen molar-refractivity contribution in [2.75, 3.05) is 44.6 Å². The van der Waals surface area contributed by atoms with E-state index in [1.54, 1.807) is 0 Å². The number of hydrogen-bond acceptors (Lipinski definition) is 2. The van der Waals surface area contributed by atoms with E-state index in [-0.39, 0.29) is 17.9 Å². The summed E-state index contributed by atoms with van der Waals surface area (Å²) in [5.41, 5.74) is 2.13. The molecule has 6 nitrogen and oxygen atoms in total. The monoisotopic (exact) mass is 390 g/mol. The van der Waals surface area contributed by atoms with Gasteiger partial charge in [0.1, 0.15) is 26.2 Å². The summed E-state index contributed by atoms with van der Waals surface area (Å²) >= 11 is 0. The van der Waals surface area contributed by atoms with Crippen LogP contribution in [0.15, 0.2) is 24.3 Å². The summed E-state index contributed by atoms with van der Waals surface area (Å²) < 4.78 is 0. The molecule has 0 bridgehead atoms. The van der Waals surface area contributed by atoms with Crippen molar-refractivity contribution in [1.82, 2.24) is 5.32 Å². The molecule has 1 atom stereocenters. The number of nitrogens with one attached hydrogen (secondary N) is 4. The molecule has 0 aromatic heterocycles. The zero-order valence-corrected chi connectivity index (χ0v) is 17.9. The molecular weight excluding hydrogens is 352 g/mol. The van der Waals surface area contributed by atoms with Crippen molar-refractivity contribution in [3.63, 3.8) is 0 Å². The first-order valence-corrected chi connectivity index (χ1v) is 10.8. The molecule has 1 aliphatic rings.